The Bertz CT molecular complexity index is 2560. The summed E-state index contributed by atoms with van der Waals surface area (Å²) in [6.07, 6.45) is 3.02. The lowest BCUT2D eigenvalue weighted by molar-refractivity contribution is 0.409. The average molecular weight is 775 g/mol. The Morgan fingerprint density at radius 1 is 0.600 bits per heavy atom. The van der Waals surface area contributed by atoms with E-state index in [1.807, 2.05) is 120 Å². The highest BCUT2D eigenvalue weighted by molar-refractivity contribution is 14.1. The van der Waals surface area contributed by atoms with Crippen molar-refractivity contribution in [2.75, 3.05) is 14.2 Å². The fraction of sp³-hybridized carbons (Fsp3) is 0.0500. The van der Waals surface area contributed by atoms with E-state index in [9.17, 15) is 9.59 Å². The Morgan fingerprint density at radius 2 is 1.14 bits per heavy atom. The van der Waals surface area contributed by atoms with Crippen molar-refractivity contribution in [2.45, 2.75) is 0 Å². The van der Waals surface area contributed by atoms with Crippen LogP contribution in [0.3, 0.4) is 0 Å². The lowest BCUT2D eigenvalue weighted by atomic mass is 10.0. The highest BCUT2D eigenvalue weighted by atomic mass is 127. The van der Waals surface area contributed by atoms with Crippen molar-refractivity contribution in [1.82, 2.24) is 0 Å². The molecule has 0 bridgehead atoms. The van der Waals surface area contributed by atoms with Crippen LogP contribution in [0.5, 0.6) is 17.2 Å². The van der Waals surface area contributed by atoms with Crippen LogP contribution >= 0.6 is 22.6 Å². The molecule has 8 rings (SSSR count). The van der Waals surface area contributed by atoms with Crippen LogP contribution in [0.2, 0.25) is 0 Å². The highest BCUT2D eigenvalue weighted by Crippen LogP contribution is 2.28. The number of halogens is 1. The van der Waals surface area contributed by atoms with Crippen LogP contribution in [-0.2, 0) is 0 Å². The Balaban J connectivity index is 0.000000139. The normalized spacial score (nSPS) is 10.6. The number of ether oxygens (including phenoxy) is 2. The first-order valence-corrected chi connectivity index (χ1v) is 16.4. The van der Waals surface area contributed by atoms with Crippen LogP contribution in [0.15, 0.2) is 152 Å². The fourth-order valence-electron chi connectivity index (χ4n) is 5.49. The Hall–Kier alpha value is -5.59. The van der Waals surface area contributed by atoms with Gasteiger partial charge in [0.2, 0.25) is 10.9 Å². The van der Waals surface area contributed by atoms with E-state index >= 15 is 0 Å². The second-order valence-electron chi connectivity index (χ2n) is 10.8. The number of methoxy groups -OCH3 is 2. The Kier molecular flexibility index (Phi) is 10.8. The summed E-state index contributed by atoms with van der Waals surface area (Å²) in [5.74, 6) is 1.95. The molecule has 0 aliphatic rings. The molecule has 0 aliphatic heterocycles. The van der Waals surface area contributed by atoms with Gasteiger partial charge in [-0.25, -0.2) is 0 Å². The minimum absolute atomic E-state index is 0.0312. The molecule has 6 aromatic carbocycles. The van der Waals surface area contributed by atoms with Gasteiger partial charge in [0.15, 0.2) is 0 Å². The van der Waals surface area contributed by atoms with Crippen LogP contribution in [0.4, 0.5) is 0 Å². The largest absolute Gasteiger partial charge is 0.569 e. The third kappa shape index (κ3) is 7.36. The molecule has 0 saturated heterocycles. The van der Waals surface area contributed by atoms with E-state index in [4.69, 9.17) is 28.0 Å². The minimum atomic E-state index is -0.0312. The number of fused-ring (bicyclic) bond motifs is 6. The summed E-state index contributed by atoms with van der Waals surface area (Å²) in [6.45, 7) is 0. The first kappa shape index (κ1) is 34.3. The van der Waals surface area contributed by atoms with Gasteiger partial charge in [-0.3, -0.25) is 9.59 Å². The molecular weight excluding hydrogens is 746 g/mol. The molecule has 0 amide bonds. The first-order valence-electron chi connectivity index (χ1n) is 15.3. The third-order valence-corrected chi connectivity index (χ3v) is 8.65. The molecule has 8 nitrogen and oxygen atoms in total. The molecule has 10 heteroatoms. The van der Waals surface area contributed by atoms with Crippen LogP contribution in [0, 0.1) is 3.57 Å². The summed E-state index contributed by atoms with van der Waals surface area (Å²) in [7, 11) is 3.81. The van der Waals surface area contributed by atoms with Gasteiger partial charge >= 0.3 is 7.69 Å². The van der Waals surface area contributed by atoms with Crippen LogP contribution in [-0.4, -0.2) is 26.9 Å². The minimum Gasteiger partial charge on any atom is -0.537 e. The summed E-state index contributed by atoms with van der Waals surface area (Å²) in [5.41, 5.74) is 2.57. The second-order valence-corrected chi connectivity index (χ2v) is 12.0. The predicted molar refractivity (Wildman–Crippen MR) is 206 cm³/mol. The molecule has 8 aromatic rings. The number of hydrogen-bond acceptors (Lipinski definition) is 8. The molecule has 2 heterocycles. The SMILES string of the molecule is COc1cccc(-c2coc3ccc4ccccc4c3c2=O)c1.COc1cccc(O[B]O)c1.O=c1c(I)coc2ccc3ccccc3c12. The van der Waals surface area contributed by atoms with Crippen molar-refractivity contribution in [3.8, 4) is 28.4 Å². The summed E-state index contributed by atoms with van der Waals surface area (Å²) >= 11 is 2.00. The number of benzene rings is 6. The van der Waals surface area contributed by atoms with E-state index in [-0.39, 0.29) is 10.9 Å². The molecule has 1 radical (unpaired) electrons. The molecular formula is C40H29BIO8. The van der Waals surface area contributed by atoms with Crippen molar-refractivity contribution in [3.63, 3.8) is 0 Å². The van der Waals surface area contributed by atoms with E-state index in [1.54, 1.807) is 38.5 Å². The standard InChI is InChI=1S/C20H14O3.C13H7IO2.C7H8BO3/c1-22-15-7-4-6-14(11-15)17-12-23-18-10-9-13-5-2-3-8-16(13)19(18)20(17)21;14-10-7-16-11-6-5-8-3-1-2-4-9(8)12(11)13(10)15;1-10-6-3-2-4-7(5-6)11-8-9/h2-12H,1H3;1-7H;2-5,9H,1H3. The Morgan fingerprint density at radius 3 is 1.76 bits per heavy atom. The zero-order chi connectivity index (χ0) is 35.0. The molecule has 247 valence electrons. The third-order valence-electron chi connectivity index (χ3n) is 7.90. The molecule has 0 aliphatic carbocycles. The molecule has 1 N–H and O–H groups in total. The van der Waals surface area contributed by atoms with E-state index in [2.05, 4.69) is 0 Å². The lowest BCUT2D eigenvalue weighted by Crippen LogP contribution is -2.05. The monoisotopic (exact) mass is 775 g/mol. The van der Waals surface area contributed by atoms with E-state index in [0.717, 1.165) is 27.1 Å². The molecule has 50 heavy (non-hydrogen) atoms. The summed E-state index contributed by atoms with van der Waals surface area (Å²) < 4.78 is 26.6. The van der Waals surface area contributed by atoms with Gasteiger partial charge in [0.25, 0.3) is 0 Å². The first-order chi connectivity index (χ1) is 24.4. The van der Waals surface area contributed by atoms with Gasteiger partial charge < -0.3 is 28.0 Å². The quantitative estimate of drug-likeness (QED) is 0.105. The van der Waals surface area contributed by atoms with Gasteiger partial charge in [-0.1, -0.05) is 78.9 Å². The molecule has 0 fully saturated rings. The van der Waals surface area contributed by atoms with Gasteiger partial charge in [0.1, 0.15) is 40.9 Å². The van der Waals surface area contributed by atoms with Crippen LogP contribution in [0.25, 0.3) is 54.6 Å². The van der Waals surface area contributed by atoms with Crippen molar-refractivity contribution in [3.05, 3.63) is 158 Å². The molecule has 0 atom stereocenters. The molecule has 0 saturated carbocycles. The number of hydrogen-bond donors (Lipinski definition) is 1. The fourth-order valence-corrected chi connectivity index (χ4v) is 5.89. The van der Waals surface area contributed by atoms with Crippen molar-refractivity contribution in [2.24, 2.45) is 0 Å². The molecule has 2 aromatic heterocycles. The van der Waals surface area contributed by atoms with Gasteiger partial charge in [0, 0.05) is 6.07 Å². The van der Waals surface area contributed by atoms with Crippen LogP contribution < -0.4 is 25.0 Å². The van der Waals surface area contributed by atoms with Crippen molar-refractivity contribution < 1.29 is 28.0 Å². The highest BCUT2D eigenvalue weighted by Gasteiger charge is 2.13. The maximum Gasteiger partial charge on any atom is 0.569 e. The van der Waals surface area contributed by atoms with Gasteiger partial charge in [-0.15, -0.1) is 0 Å². The van der Waals surface area contributed by atoms with E-state index in [0.29, 0.717) is 56.0 Å². The topological polar surface area (TPSA) is 108 Å². The van der Waals surface area contributed by atoms with E-state index < -0.39 is 0 Å². The smallest absolute Gasteiger partial charge is 0.537 e. The van der Waals surface area contributed by atoms with Gasteiger partial charge in [0.05, 0.1) is 34.1 Å². The van der Waals surface area contributed by atoms with Gasteiger partial charge in [-0.2, -0.15) is 0 Å². The summed E-state index contributed by atoms with van der Waals surface area (Å²) in [6, 6.07) is 37.7. The predicted octanol–water partition coefficient (Wildman–Crippen LogP) is 8.77. The molecule has 0 unspecified atom stereocenters. The van der Waals surface area contributed by atoms with Crippen molar-refractivity contribution in [1.29, 1.82) is 0 Å². The van der Waals surface area contributed by atoms with Crippen LogP contribution in [0.1, 0.15) is 0 Å². The lowest BCUT2D eigenvalue weighted by Gasteiger charge is -2.07. The maximum absolute atomic E-state index is 13.0. The van der Waals surface area contributed by atoms with Gasteiger partial charge in [-0.05, 0) is 86.1 Å². The molecule has 0 spiro atoms. The second kappa shape index (κ2) is 15.8. The maximum atomic E-state index is 13.0. The summed E-state index contributed by atoms with van der Waals surface area (Å²) in [5, 5.41) is 13.5. The van der Waals surface area contributed by atoms with Crippen molar-refractivity contribution >= 4 is 73.8 Å². The summed E-state index contributed by atoms with van der Waals surface area (Å²) in [4.78, 5) is 25.1. The zero-order valence-electron chi connectivity index (χ0n) is 27.0. The number of rotatable bonds is 5. The Labute approximate surface area is 300 Å². The zero-order valence-corrected chi connectivity index (χ0v) is 29.1. The van der Waals surface area contributed by atoms with E-state index in [1.165, 1.54) is 12.5 Å². The average Bonchev–Trinajstić information content (AvgIpc) is 3.17.